The summed E-state index contributed by atoms with van der Waals surface area (Å²) in [4.78, 5) is 15.6. The van der Waals surface area contributed by atoms with E-state index in [0.29, 0.717) is 5.75 Å². The van der Waals surface area contributed by atoms with Gasteiger partial charge in [-0.2, -0.15) is 0 Å². The van der Waals surface area contributed by atoms with Crippen LogP contribution in [0.4, 0.5) is 87.8 Å². The molecule has 1 nitrogen and oxygen atoms in total. The molecule has 0 atom stereocenters. The molecule has 5 aromatic rings. The minimum absolute atomic E-state index is 0.186. The average molecular weight is 1080 g/mol. The molecule has 0 aromatic heterocycles. The van der Waals surface area contributed by atoms with E-state index in [2.05, 4.69) is 72.8 Å². The van der Waals surface area contributed by atoms with Crippen molar-refractivity contribution in [2.75, 3.05) is 5.75 Å². The lowest BCUT2D eigenvalue weighted by molar-refractivity contribution is 0.102. The van der Waals surface area contributed by atoms with Crippen molar-refractivity contribution in [3.63, 3.8) is 0 Å². The zero-order valence-electron chi connectivity index (χ0n) is 36.6. The molecule has 4 aliphatic carbocycles. The SMILES string of the molecule is Fc1c(F)c(F)c([B-](c2c(F)c(F)c(F)c(F)c2F)(c2c(F)c(F)c(F)c(F)c2F)c2c(F)c(F)c(F)c(F)c2F)c(F)c1F.O=C(C[S+](c1cc2cccccc-2c1)c1cc2cccccc-2c1)c1ccccc1. The topological polar surface area (TPSA) is 17.1 Å². The van der Waals surface area contributed by atoms with Crippen LogP contribution >= 0.6 is 0 Å². The third kappa shape index (κ3) is 8.78. The Morgan fingerprint density at radius 2 is 0.493 bits per heavy atom. The number of hydrogen-bond acceptors (Lipinski definition) is 1. The molecule has 0 N–H and O–H groups in total. The minimum atomic E-state index is -7.22. The zero-order valence-corrected chi connectivity index (χ0v) is 37.4. The summed E-state index contributed by atoms with van der Waals surface area (Å²) in [6.07, 6.45) is -7.22. The lowest BCUT2D eigenvalue weighted by Gasteiger charge is -2.44. The van der Waals surface area contributed by atoms with Crippen molar-refractivity contribution in [1.29, 1.82) is 0 Å². The highest BCUT2D eigenvalue weighted by Crippen LogP contribution is 2.38. The first-order valence-corrected chi connectivity index (χ1v) is 22.4. The number of benzene rings is 5. The number of carbonyl (C=O) groups is 1. The number of carbonyl (C=O) groups excluding carboxylic acids is 1. The molecular weight excluding hydrogens is 1060 g/mol. The molecular formula is C52H21BF20OS. The van der Waals surface area contributed by atoms with Crippen LogP contribution in [-0.2, 0) is 10.9 Å². The number of rotatable bonds is 9. The van der Waals surface area contributed by atoms with Gasteiger partial charge in [0.2, 0.25) is 5.78 Å². The van der Waals surface area contributed by atoms with Gasteiger partial charge in [-0.15, -0.1) is 21.9 Å². The van der Waals surface area contributed by atoms with Crippen LogP contribution in [-0.4, -0.2) is 17.7 Å². The van der Waals surface area contributed by atoms with E-state index in [-0.39, 0.29) is 16.7 Å². The molecule has 23 heteroatoms. The van der Waals surface area contributed by atoms with E-state index in [9.17, 15) is 57.5 Å². The van der Waals surface area contributed by atoms with Crippen LogP contribution < -0.4 is 21.9 Å². The van der Waals surface area contributed by atoms with E-state index in [1.54, 1.807) is 0 Å². The van der Waals surface area contributed by atoms with Crippen LogP contribution in [0.2, 0.25) is 0 Å². The molecule has 5 aromatic carbocycles. The van der Waals surface area contributed by atoms with Crippen LogP contribution in [0.25, 0.3) is 22.3 Å². The van der Waals surface area contributed by atoms with E-state index in [4.69, 9.17) is 0 Å². The Morgan fingerprint density at radius 3 is 0.720 bits per heavy atom. The molecule has 0 spiro atoms. The van der Waals surface area contributed by atoms with Crippen molar-refractivity contribution in [3.05, 3.63) is 237 Å². The molecule has 0 bridgehead atoms. The highest BCUT2D eigenvalue weighted by atomic mass is 32.2. The smallest absolute Gasteiger partial charge is 0.212 e. The van der Waals surface area contributed by atoms with Crippen molar-refractivity contribution < 1.29 is 92.6 Å². The second-order valence-corrected chi connectivity index (χ2v) is 18.2. The van der Waals surface area contributed by atoms with Gasteiger partial charge in [0.1, 0.15) is 52.7 Å². The van der Waals surface area contributed by atoms with Crippen molar-refractivity contribution in [3.8, 4) is 22.3 Å². The van der Waals surface area contributed by atoms with E-state index in [0.717, 1.165) is 5.56 Å². The second-order valence-electron chi connectivity index (χ2n) is 16.1. The summed E-state index contributed by atoms with van der Waals surface area (Å²) in [5, 5.41) is 0. The van der Waals surface area contributed by atoms with Gasteiger partial charge in [-0.1, -0.05) is 91.0 Å². The fraction of sp³-hybridized carbons (Fsp3) is 0.0192. The van der Waals surface area contributed by atoms with Gasteiger partial charge in [0.05, 0.1) is 10.9 Å². The van der Waals surface area contributed by atoms with Crippen molar-refractivity contribution >= 4 is 44.7 Å². The van der Waals surface area contributed by atoms with Crippen LogP contribution in [0, 0.1) is 116 Å². The number of fused-ring (bicyclic) bond motifs is 2. The van der Waals surface area contributed by atoms with E-state index in [1.165, 1.54) is 32.0 Å². The molecule has 75 heavy (non-hydrogen) atoms. The monoisotopic (exact) mass is 1080 g/mol. The maximum absolute atomic E-state index is 15.4. The van der Waals surface area contributed by atoms with Crippen molar-refractivity contribution in [2.24, 2.45) is 0 Å². The predicted molar refractivity (Wildman–Crippen MR) is 235 cm³/mol. The van der Waals surface area contributed by atoms with Crippen molar-refractivity contribution in [1.82, 2.24) is 0 Å². The van der Waals surface area contributed by atoms with Crippen molar-refractivity contribution in [2.45, 2.75) is 9.79 Å². The summed E-state index contributed by atoms with van der Waals surface area (Å²) in [6.45, 7) is 0. The van der Waals surface area contributed by atoms with Gasteiger partial charge in [-0.3, -0.25) is 4.79 Å². The largest absolute Gasteiger partial charge is 0.289 e. The van der Waals surface area contributed by atoms with Gasteiger partial charge >= 0.3 is 0 Å². The standard InChI is InChI=1S/C28H21OS.C24BF20/c29-28(21-10-4-1-5-11-21)20-30(26-16-22-12-6-2-7-13-23(22)17-26)27-18-24-14-8-3-9-15-25(24)19-27;26-5-1(6(27)14(35)21(42)13(5)34)25(2-7(28)15(36)22(43)16(37)8(2)29,3-9(30)17(38)23(44)18(39)10(3)31)4-11(32)19(40)24(45)20(41)12(4)33/h1-19H,20H2;/q+1;-1. The first-order valence-electron chi connectivity index (χ1n) is 21.0. The van der Waals surface area contributed by atoms with Gasteiger partial charge in [0.15, 0.2) is 85.4 Å². The predicted octanol–water partition coefficient (Wildman–Crippen LogP) is 12.7. The number of hydrogen-bond donors (Lipinski definition) is 0. The van der Waals surface area contributed by atoms with E-state index in [1.807, 2.05) is 42.5 Å². The molecule has 0 unspecified atom stereocenters. The normalized spacial score (nSPS) is 11.7. The van der Waals surface area contributed by atoms with Gasteiger partial charge in [-0.25, -0.2) is 87.8 Å². The van der Waals surface area contributed by atoms with Gasteiger partial charge in [0.25, 0.3) is 0 Å². The minimum Gasteiger partial charge on any atom is -0.289 e. The van der Waals surface area contributed by atoms with Gasteiger partial charge in [0, 0.05) is 29.8 Å². The summed E-state index contributed by atoms with van der Waals surface area (Å²) in [5.74, 6) is -70.7. The molecule has 0 aliphatic heterocycles. The molecule has 0 amide bonds. The summed E-state index contributed by atoms with van der Waals surface area (Å²) >= 11 is 0. The highest BCUT2D eigenvalue weighted by Gasteiger charge is 2.52. The maximum Gasteiger partial charge on any atom is 0.212 e. The van der Waals surface area contributed by atoms with Gasteiger partial charge in [-0.05, 0) is 22.3 Å². The summed E-state index contributed by atoms with van der Waals surface area (Å²) in [7, 11) is -0.328. The lowest BCUT2D eigenvalue weighted by Crippen LogP contribution is -2.81. The molecule has 0 heterocycles. The Morgan fingerprint density at radius 1 is 0.293 bits per heavy atom. The molecule has 0 radical (unpaired) electrons. The summed E-state index contributed by atoms with van der Waals surface area (Å²) in [5.41, 5.74) is -8.71. The Kier molecular flexibility index (Phi) is 14.6. The van der Waals surface area contributed by atoms with E-state index < -0.39 is 144 Å². The molecule has 4 aliphatic rings. The Hall–Kier alpha value is -7.82. The molecule has 0 saturated heterocycles. The zero-order chi connectivity index (χ0) is 54.7. The van der Waals surface area contributed by atoms with Crippen LogP contribution in [0.15, 0.2) is 125 Å². The summed E-state index contributed by atoms with van der Waals surface area (Å²) in [6, 6.07) is 39.5. The summed E-state index contributed by atoms with van der Waals surface area (Å²) < 4.78 is 294. The Bertz CT molecular complexity index is 3170. The van der Waals surface area contributed by atoms with Crippen LogP contribution in [0.5, 0.6) is 0 Å². The quantitative estimate of drug-likeness (QED) is 0.0352. The Labute approximate surface area is 411 Å². The first kappa shape index (κ1) is 53.5. The highest BCUT2D eigenvalue weighted by molar-refractivity contribution is 7.97. The number of Topliss-reactive ketones (excluding diaryl/α,β-unsaturated/α-hetero) is 1. The second kappa shape index (κ2) is 20.5. The Balaban J connectivity index is 0.000000215. The molecule has 9 rings (SSSR count). The number of ketones is 1. The maximum atomic E-state index is 15.4. The third-order valence-corrected chi connectivity index (χ3v) is 14.2. The lowest BCUT2D eigenvalue weighted by atomic mass is 9.12. The third-order valence-electron chi connectivity index (χ3n) is 12.1. The fourth-order valence-corrected chi connectivity index (χ4v) is 10.8. The first-order chi connectivity index (χ1) is 35.5. The molecule has 0 saturated carbocycles. The average Bonchev–Trinajstić information content (AvgIpc) is 3.84. The van der Waals surface area contributed by atoms with E-state index >= 15 is 35.1 Å². The molecule has 384 valence electrons. The van der Waals surface area contributed by atoms with Crippen LogP contribution in [0.1, 0.15) is 10.4 Å². The fourth-order valence-electron chi connectivity index (χ4n) is 8.67. The van der Waals surface area contributed by atoms with Gasteiger partial charge < -0.3 is 0 Å². The van der Waals surface area contributed by atoms with Crippen LogP contribution in [0.3, 0.4) is 0 Å². The number of halogens is 20. The molecule has 0 fully saturated rings.